The number of rotatable bonds is 7. The van der Waals surface area contributed by atoms with Crippen LogP contribution < -0.4 is 5.32 Å². The van der Waals surface area contributed by atoms with Crippen LogP contribution in [0.2, 0.25) is 5.02 Å². The lowest BCUT2D eigenvalue weighted by atomic mass is 10.1. The van der Waals surface area contributed by atoms with E-state index in [1.807, 2.05) is 17.8 Å². The molecule has 0 heterocycles. The summed E-state index contributed by atoms with van der Waals surface area (Å²) in [4.78, 5) is 1.36. The smallest absolute Gasteiger partial charge is 0.0462 e. The van der Waals surface area contributed by atoms with Gasteiger partial charge in [-0.2, -0.15) is 0 Å². The van der Waals surface area contributed by atoms with Crippen molar-refractivity contribution < 1.29 is 0 Å². The first-order valence-corrected chi connectivity index (χ1v) is 8.78. The van der Waals surface area contributed by atoms with Gasteiger partial charge in [0.15, 0.2) is 0 Å². The lowest BCUT2D eigenvalue weighted by molar-refractivity contribution is 0.622. The van der Waals surface area contributed by atoms with E-state index in [1.165, 1.54) is 41.9 Å². The Kier molecular flexibility index (Phi) is 6.55. The summed E-state index contributed by atoms with van der Waals surface area (Å²) in [6.07, 6.45) is 6.83. The third-order valence-corrected chi connectivity index (χ3v) is 5.44. The van der Waals surface area contributed by atoms with Crippen LogP contribution in [-0.2, 0) is 6.54 Å². The largest absolute Gasteiger partial charge is 0.313 e. The topological polar surface area (TPSA) is 12.0 Å². The molecule has 3 heteroatoms. The van der Waals surface area contributed by atoms with Crippen LogP contribution in [0.15, 0.2) is 23.1 Å². The minimum atomic E-state index is 0.889. The quantitative estimate of drug-likeness (QED) is 0.553. The summed E-state index contributed by atoms with van der Waals surface area (Å²) in [7, 11) is 0. The number of benzene rings is 1. The van der Waals surface area contributed by atoms with Gasteiger partial charge >= 0.3 is 0 Å². The molecule has 106 valence electrons. The molecule has 0 spiro atoms. The fourth-order valence-corrected chi connectivity index (χ4v) is 4.20. The number of halogens is 1. The van der Waals surface area contributed by atoms with Crippen LogP contribution in [-0.4, -0.2) is 12.3 Å². The van der Waals surface area contributed by atoms with Crippen molar-refractivity contribution in [1.82, 2.24) is 5.32 Å². The van der Waals surface area contributed by atoms with Crippen molar-refractivity contribution in [2.24, 2.45) is 5.92 Å². The van der Waals surface area contributed by atoms with Gasteiger partial charge < -0.3 is 5.32 Å². The van der Waals surface area contributed by atoms with E-state index in [9.17, 15) is 0 Å². The van der Waals surface area contributed by atoms with Crippen LogP contribution in [0.5, 0.6) is 0 Å². The third kappa shape index (κ3) is 4.70. The van der Waals surface area contributed by atoms with Crippen LogP contribution in [0.4, 0.5) is 0 Å². The van der Waals surface area contributed by atoms with E-state index < -0.39 is 0 Å². The molecule has 0 saturated heterocycles. The third-order valence-electron chi connectivity index (χ3n) is 3.75. The molecule has 0 unspecified atom stereocenters. The van der Waals surface area contributed by atoms with Gasteiger partial charge in [0.05, 0.1) is 0 Å². The Labute approximate surface area is 126 Å². The number of thioether (sulfide) groups is 1. The van der Waals surface area contributed by atoms with E-state index >= 15 is 0 Å². The lowest BCUT2D eigenvalue weighted by Gasteiger charge is -2.14. The fourth-order valence-electron chi connectivity index (χ4n) is 2.62. The van der Waals surface area contributed by atoms with Gasteiger partial charge in [-0.3, -0.25) is 0 Å². The number of nitrogens with one attached hydrogen (secondary N) is 1. The van der Waals surface area contributed by atoms with Crippen LogP contribution in [0.25, 0.3) is 0 Å². The molecule has 19 heavy (non-hydrogen) atoms. The number of hydrogen-bond donors (Lipinski definition) is 1. The molecule has 1 aromatic rings. The maximum absolute atomic E-state index is 6.35. The van der Waals surface area contributed by atoms with E-state index in [2.05, 4.69) is 24.4 Å². The van der Waals surface area contributed by atoms with Crippen LogP contribution in [0, 0.1) is 5.92 Å². The Hall–Kier alpha value is -0.180. The van der Waals surface area contributed by atoms with Crippen molar-refractivity contribution in [2.45, 2.75) is 50.5 Å². The zero-order valence-corrected chi connectivity index (χ0v) is 13.3. The molecule has 1 aliphatic rings. The normalized spacial score (nSPS) is 16.1. The van der Waals surface area contributed by atoms with Gasteiger partial charge in [0.25, 0.3) is 0 Å². The molecule has 0 aliphatic heterocycles. The van der Waals surface area contributed by atoms with Crippen molar-refractivity contribution in [3.63, 3.8) is 0 Å². The summed E-state index contributed by atoms with van der Waals surface area (Å²) in [5.74, 6) is 2.17. The van der Waals surface area contributed by atoms with E-state index in [0.29, 0.717) is 0 Å². The van der Waals surface area contributed by atoms with E-state index in [1.54, 1.807) is 0 Å². The summed E-state index contributed by atoms with van der Waals surface area (Å²) >= 11 is 8.34. The highest BCUT2D eigenvalue weighted by Crippen LogP contribution is 2.34. The zero-order valence-electron chi connectivity index (χ0n) is 11.8. The van der Waals surface area contributed by atoms with Gasteiger partial charge in [-0.1, -0.05) is 37.4 Å². The van der Waals surface area contributed by atoms with Gasteiger partial charge in [-0.15, -0.1) is 11.8 Å². The van der Waals surface area contributed by atoms with Crippen molar-refractivity contribution in [1.29, 1.82) is 0 Å². The average molecular weight is 298 g/mol. The highest BCUT2D eigenvalue weighted by molar-refractivity contribution is 7.99. The molecule has 1 aliphatic carbocycles. The highest BCUT2D eigenvalue weighted by atomic mass is 35.5. The first kappa shape index (κ1) is 15.2. The molecular weight excluding hydrogens is 274 g/mol. The van der Waals surface area contributed by atoms with Crippen LogP contribution >= 0.6 is 23.4 Å². The Balaban J connectivity index is 1.95. The Morgan fingerprint density at radius 1 is 1.32 bits per heavy atom. The van der Waals surface area contributed by atoms with Gasteiger partial charge in [0, 0.05) is 22.2 Å². The molecule has 0 atom stereocenters. The van der Waals surface area contributed by atoms with Gasteiger partial charge in [-0.25, -0.2) is 0 Å². The van der Waals surface area contributed by atoms with Crippen LogP contribution in [0.3, 0.4) is 0 Å². The van der Waals surface area contributed by atoms with E-state index in [4.69, 9.17) is 11.6 Å². The highest BCUT2D eigenvalue weighted by Gasteiger charge is 2.16. The lowest BCUT2D eigenvalue weighted by Crippen LogP contribution is -2.14. The zero-order chi connectivity index (χ0) is 13.5. The minimum Gasteiger partial charge on any atom is -0.313 e. The molecule has 1 aromatic carbocycles. The second-order valence-corrected chi connectivity index (χ2v) is 6.82. The van der Waals surface area contributed by atoms with E-state index in [0.717, 1.165) is 30.5 Å². The first-order chi connectivity index (χ1) is 9.31. The standard InChI is InChI=1S/C16H24ClNS/c1-2-10-18-11-14-15(17)8-5-9-16(14)19-12-13-6-3-4-7-13/h5,8-9,13,18H,2-4,6-7,10-12H2,1H3. The van der Waals surface area contributed by atoms with E-state index in [-0.39, 0.29) is 0 Å². The molecule has 1 nitrogen and oxygen atoms in total. The van der Waals surface area contributed by atoms with Crippen molar-refractivity contribution in [3.05, 3.63) is 28.8 Å². The predicted molar refractivity (Wildman–Crippen MR) is 86.1 cm³/mol. The molecular formula is C16H24ClNS. The maximum atomic E-state index is 6.35. The van der Waals surface area contributed by atoms with Crippen LogP contribution in [0.1, 0.15) is 44.6 Å². The molecule has 1 saturated carbocycles. The molecule has 1 fully saturated rings. The molecule has 1 N–H and O–H groups in total. The minimum absolute atomic E-state index is 0.889. The second kappa shape index (κ2) is 8.18. The summed E-state index contributed by atoms with van der Waals surface area (Å²) in [6.45, 7) is 4.13. The maximum Gasteiger partial charge on any atom is 0.0462 e. The molecule has 0 radical (unpaired) electrons. The molecule has 0 aromatic heterocycles. The average Bonchev–Trinajstić information content (AvgIpc) is 2.92. The SMILES string of the molecule is CCCNCc1c(Cl)cccc1SCC1CCCC1. The van der Waals surface area contributed by atoms with Crippen molar-refractivity contribution >= 4 is 23.4 Å². The van der Waals surface area contributed by atoms with Crippen molar-refractivity contribution in [2.75, 3.05) is 12.3 Å². The fraction of sp³-hybridized carbons (Fsp3) is 0.625. The Bertz CT molecular complexity index is 388. The molecule has 0 bridgehead atoms. The summed E-state index contributed by atoms with van der Waals surface area (Å²) < 4.78 is 0. The monoisotopic (exact) mass is 297 g/mol. The first-order valence-electron chi connectivity index (χ1n) is 7.42. The molecule has 2 rings (SSSR count). The Morgan fingerprint density at radius 3 is 2.84 bits per heavy atom. The summed E-state index contributed by atoms with van der Waals surface area (Å²) in [5.41, 5.74) is 1.28. The molecule has 0 amide bonds. The van der Waals surface area contributed by atoms with Gasteiger partial charge in [0.2, 0.25) is 0 Å². The van der Waals surface area contributed by atoms with Gasteiger partial charge in [-0.05, 0) is 49.4 Å². The summed E-state index contributed by atoms with van der Waals surface area (Å²) in [5, 5.41) is 4.37. The predicted octanol–water partition coefficient (Wildman–Crippen LogP) is 5.12. The second-order valence-electron chi connectivity index (χ2n) is 5.35. The Morgan fingerprint density at radius 2 is 2.11 bits per heavy atom. The summed E-state index contributed by atoms with van der Waals surface area (Å²) in [6, 6.07) is 6.29. The van der Waals surface area contributed by atoms with Gasteiger partial charge in [0.1, 0.15) is 0 Å². The van der Waals surface area contributed by atoms with Crippen molar-refractivity contribution in [3.8, 4) is 0 Å². The number of hydrogen-bond acceptors (Lipinski definition) is 2.